The summed E-state index contributed by atoms with van der Waals surface area (Å²) in [6.45, 7) is 0.0416. The molecule has 0 heterocycles. The number of nitrogens with two attached hydrogens (primary N) is 1. The highest BCUT2D eigenvalue weighted by Crippen LogP contribution is 2.22. The highest BCUT2D eigenvalue weighted by atomic mass is 32.2. The Morgan fingerprint density at radius 1 is 1.10 bits per heavy atom. The zero-order valence-electron chi connectivity index (χ0n) is 16.8. The number of sulfonamides is 1. The van der Waals surface area contributed by atoms with Crippen molar-refractivity contribution < 1.29 is 22.4 Å². The fraction of sp³-hybridized carbons (Fsp3) is 0.273. The minimum absolute atomic E-state index is 0.0283. The molecule has 1 aliphatic rings. The first-order valence-electron chi connectivity index (χ1n) is 9.85. The van der Waals surface area contributed by atoms with Gasteiger partial charge in [-0.1, -0.05) is 24.3 Å². The number of benzene rings is 2. The molecular formula is C22H24FN3O4S. The van der Waals surface area contributed by atoms with Crippen LogP contribution in [0.2, 0.25) is 0 Å². The Balaban J connectivity index is 1.52. The maximum absolute atomic E-state index is 13.0. The van der Waals surface area contributed by atoms with E-state index < -0.39 is 27.8 Å². The molecule has 3 rings (SSSR count). The molecule has 0 spiro atoms. The van der Waals surface area contributed by atoms with Crippen LogP contribution < -0.4 is 15.8 Å². The number of carbonyl (C=O) groups is 2. The van der Waals surface area contributed by atoms with Gasteiger partial charge in [-0.3, -0.25) is 9.59 Å². The quantitative estimate of drug-likeness (QED) is 0.483. The van der Waals surface area contributed by atoms with Gasteiger partial charge in [-0.25, -0.2) is 17.5 Å². The minimum atomic E-state index is -3.52. The van der Waals surface area contributed by atoms with Crippen molar-refractivity contribution in [3.63, 3.8) is 0 Å². The second kappa shape index (κ2) is 9.84. The van der Waals surface area contributed by atoms with Gasteiger partial charge in [-0.2, -0.15) is 0 Å². The van der Waals surface area contributed by atoms with Crippen LogP contribution in [0.3, 0.4) is 0 Å². The Labute approximate surface area is 180 Å². The fourth-order valence-electron chi connectivity index (χ4n) is 2.88. The van der Waals surface area contributed by atoms with E-state index in [1.54, 1.807) is 30.3 Å². The molecule has 9 heteroatoms. The van der Waals surface area contributed by atoms with E-state index in [-0.39, 0.29) is 29.7 Å². The van der Waals surface area contributed by atoms with Crippen molar-refractivity contribution >= 4 is 27.9 Å². The SMILES string of the molecule is NC(=O)C(CNC(=O)/C=C/c1ccc(S(=O)(=O)NC2CC2)cc1)Cc1ccc(F)cc1. The summed E-state index contributed by atoms with van der Waals surface area (Å²) in [6.07, 6.45) is 4.83. The highest BCUT2D eigenvalue weighted by Gasteiger charge is 2.27. The third-order valence-corrected chi connectivity index (χ3v) is 6.37. The van der Waals surface area contributed by atoms with Gasteiger partial charge < -0.3 is 11.1 Å². The van der Waals surface area contributed by atoms with Crippen molar-refractivity contribution in [1.82, 2.24) is 10.0 Å². The van der Waals surface area contributed by atoms with Gasteiger partial charge in [0.15, 0.2) is 0 Å². The smallest absolute Gasteiger partial charge is 0.244 e. The predicted molar refractivity (Wildman–Crippen MR) is 115 cm³/mol. The molecule has 0 aromatic heterocycles. The molecule has 2 amide bonds. The van der Waals surface area contributed by atoms with Crippen LogP contribution in [-0.4, -0.2) is 32.8 Å². The molecule has 31 heavy (non-hydrogen) atoms. The summed E-state index contributed by atoms with van der Waals surface area (Å²) >= 11 is 0. The molecule has 1 unspecified atom stereocenters. The second-order valence-electron chi connectivity index (χ2n) is 7.47. The summed E-state index contributed by atoms with van der Waals surface area (Å²) in [5.41, 5.74) is 6.80. The lowest BCUT2D eigenvalue weighted by Gasteiger charge is -2.13. The van der Waals surface area contributed by atoms with E-state index in [4.69, 9.17) is 5.73 Å². The maximum atomic E-state index is 13.0. The normalized spacial score (nSPS) is 15.0. The van der Waals surface area contributed by atoms with Crippen LogP contribution >= 0.6 is 0 Å². The molecule has 4 N–H and O–H groups in total. The van der Waals surface area contributed by atoms with Gasteiger partial charge in [-0.05, 0) is 60.7 Å². The molecule has 0 aliphatic heterocycles. The van der Waals surface area contributed by atoms with E-state index in [2.05, 4.69) is 10.0 Å². The van der Waals surface area contributed by atoms with Gasteiger partial charge in [0.25, 0.3) is 0 Å². The van der Waals surface area contributed by atoms with Crippen LogP contribution in [0, 0.1) is 11.7 Å². The molecule has 0 saturated heterocycles. The van der Waals surface area contributed by atoms with Crippen LogP contribution in [0.15, 0.2) is 59.5 Å². The van der Waals surface area contributed by atoms with Crippen molar-refractivity contribution in [3.05, 3.63) is 71.6 Å². The van der Waals surface area contributed by atoms with Gasteiger partial charge in [0, 0.05) is 18.7 Å². The molecule has 1 saturated carbocycles. The number of hydrogen-bond acceptors (Lipinski definition) is 4. The van der Waals surface area contributed by atoms with Gasteiger partial charge in [0.2, 0.25) is 21.8 Å². The average molecular weight is 446 g/mol. The summed E-state index contributed by atoms with van der Waals surface area (Å²) < 4.78 is 39.9. The third kappa shape index (κ3) is 7.01. The van der Waals surface area contributed by atoms with Crippen molar-refractivity contribution in [2.24, 2.45) is 11.7 Å². The van der Waals surface area contributed by atoms with Crippen LogP contribution in [0.5, 0.6) is 0 Å². The number of hydrogen-bond donors (Lipinski definition) is 3. The van der Waals surface area contributed by atoms with Crippen molar-refractivity contribution in [2.75, 3.05) is 6.54 Å². The molecule has 0 bridgehead atoms. The topological polar surface area (TPSA) is 118 Å². The minimum Gasteiger partial charge on any atom is -0.369 e. The summed E-state index contributed by atoms with van der Waals surface area (Å²) in [5, 5.41) is 2.62. The second-order valence-corrected chi connectivity index (χ2v) is 9.19. The van der Waals surface area contributed by atoms with Crippen molar-refractivity contribution in [2.45, 2.75) is 30.2 Å². The summed E-state index contributed by atoms with van der Waals surface area (Å²) in [6, 6.07) is 11.9. The Morgan fingerprint density at radius 2 is 1.74 bits per heavy atom. The molecule has 164 valence electrons. The van der Waals surface area contributed by atoms with Gasteiger partial charge in [-0.15, -0.1) is 0 Å². The first kappa shape index (κ1) is 22.6. The molecule has 2 aromatic rings. The standard InChI is InChI=1S/C22H24FN3O4S/c23-18-6-1-16(2-7-18)13-17(22(24)28)14-25-21(27)12-5-15-3-10-20(11-4-15)31(29,30)26-19-8-9-19/h1-7,10-12,17,19,26H,8-9,13-14H2,(H2,24,28)(H,25,27)/b12-5+. The molecule has 2 aromatic carbocycles. The summed E-state index contributed by atoms with van der Waals surface area (Å²) in [7, 11) is -3.52. The number of halogens is 1. The van der Waals surface area contributed by atoms with E-state index in [0.29, 0.717) is 5.56 Å². The van der Waals surface area contributed by atoms with Gasteiger partial charge >= 0.3 is 0 Å². The van der Waals surface area contributed by atoms with Crippen LogP contribution in [0.25, 0.3) is 6.08 Å². The third-order valence-electron chi connectivity index (χ3n) is 4.84. The van der Waals surface area contributed by atoms with Crippen molar-refractivity contribution in [3.8, 4) is 0 Å². The number of nitrogens with one attached hydrogen (secondary N) is 2. The maximum Gasteiger partial charge on any atom is 0.244 e. The molecule has 1 fully saturated rings. The van der Waals surface area contributed by atoms with Gasteiger partial charge in [0.05, 0.1) is 10.8 Å². The van der Waals surface area contributed by atoms with Crippen molar-refractivity contribution in [1.29, 1.82) is 0 Å². The number of primary amides is 1. The largest absolute Gasteiger partial charge is 0.369 e. The van der Waals surface area contributed by atoms with E-state index in [1.165, 1.54) is 30.3 Å². The van der Waals surface area contributed by atoms with Crippen LogP contribution in [0.4, 0.5) is 4.39 Å². The molecule has 0 radical (unpaired) electrons. The zero-order chi connectivity index (χ0) is 22.4. The lowest BCUT2D eigenvalue weighted by atomic mass is 9.98. The van der Waals surface area contributed by atoms with E-state index in [1.807, 2.05) is 0 Å². The molecule has 1 atom stereocenters. The monoisotopic (exact) mass is 445 g/mol. The zero-order valence-corrected chi connectivity index (χ0v) is 17.6. The Hall–Kier alpha value is -3.04. The number of carbonyl (C=O) groups excluding carboxylic acids is 2. The number of rotatable bonds is 10. The Morgan fingerprint density at radius 3 is 2.32 bits per heavy atom. The van der Waals surface area contributed by atoms with E-state index in [0.717, 1.165) is 18.4 Å². The molecule has 7 nitrogen and oxygen atoms in total. The average Bonchev–Trinajstić information content (AvgIpc) is 3.54. The van der Waals surface area contributed by atoms with E-state index in [9.17, 15) is 22.4 Å². The van der Waals surface area contributed by atoms with Crippen LogP contribution in [0.1, 0.15) is 24.0 Å². The Bertz CT molecular complexity index is 1060. The first-order valence-corrected chi connectivity index (χ1v) is 11.3. The molecular weight excluding hydrogens is 421 g/mol. The lowest BCUT2D eigenvalue weighted by Crippen LogP contribution is -2.36. The van der Waals surface area contributed by atoms with E-state index >= 15 is 0 Å². The van der Waals surface area contributed by atoms with Gasteiger partial charge in [0.1, 0.15) is 5.82 Å². The van der Waals surface area contributed by atoms with Crippen LogP contribution in [-0.2, 0) is 26.0 Å². The summed E-state index contributed by atoms with van der Waals surface area (Å²) in [5.74, 6) is -1.99. The molecule has 1 aliphatic carbocycles. The summed E-state index contributed by atoms with van der Waals surface area (Å²) in [4.78, 5) is 23.9. The predicted octanol–water partition coefficient (Wildman–Crippen LogP) is 1.74. The lowest BCUT2D eigenvalue weighted by molar-refractivity contribution is -0.122. The Kier molecular flexibility index (Phi) is 7.19. The fourth-order valence-corrected chi connectivity index (χ4v) is 4.18. The highest BCUT2D eigenvalue weighted by molar-refractivity contribution is 7.89. The first-order chi connectivity index (χ1) is 14.7. The number of amides is 2.